The molecule has 208 valence electrons. The molecule has 2 aromatic carbocycles. The highest BCUT2D eigenvalue weighted by Crippen LogP contribution is 2.31. The lowest BCUT2D eigenvalue weighted by molar-refractivity contribution is -0.119. The number of cyclic esters (lactones) is 1. The average molecular weight is 540 g/mol. The van der Waals surface area contributed by atoms with Gasteiger partial charge in [0.25, 0.3) is 0 Å². The topological polar surface area (TPSA) is 107 Å². The summed E-state index contributed by atoms with van der Waals surface area (Å²) in [6.07, 6.45) is 0.753. The minimum atomic E-state index is -0.554. The van der Waals surface area contributed by atoms with E-state index in [1.54, 1.807) is 19.2 Å². The van der Waals surface area contributed by atoms with Crippen LogP contribution in [0.15, 0.2) is 41.6 Å². The smallest absolute Gasteiger partial charge is 0.414 e. The summed E-state index contributed by atoms with van der Waals surface area (Å²) in [5, 5.41) is 16.1. The number of hydrogen-bond donors (Lipinski definition) is 2. The van der Waals surface area contributed by atoms with Crippen LogP contribution < -0.4 is 19.9 Å². The molecule has 11 heteroatoms. The second kappa shape index (κ2) is 11.5. The highest BCUT2D eigenvalue weighted by atomic mass is 19.1. The van der Waals surface area contributed by atoms with Gasteiger partial charge in [-0.2, -0.15) is 0 Å². The van der Waals surface area contributed by atoms with Crippen molar-refractivity contribution in [3.63, 3.8) is 0 Å². The molecule has 2 aliphatic heterocycles. The number of nitrogens with one attached hydrogen (secondary N) is 1. The Morgan fingerprint density at radius 3 is 2.69 bits per heavy atom. The van der Waals surface area contributed by atoms with E-state index < -0.39 is 18.0 Å². The maximum absolute atomic E-state index is 15.2. The Morgan fingerprint density at radius 2 is 2.00 bits per heavy atom. The number of benzene rings is 2. The zero-order valence-corrected chi connectivity index (χ0v) is 22.2. The fourth-order valence-corrected chi connectivity index (χ4v) is 5.65. The van der Waals surface area contributed by atoms with Gasteiger partial charge in [0.15, 0.2) is 0 Å². The Morgan fingerprint density at radius 1 is 1.21 bits per heavy atom. The van der Waals surface area contributed by atoms with E-state index in [4.69, 9.17) is 9.47 Å². The summed E-state index contributed by atoms with van der Waals surface area (Å²) in [5.41, 5.74) is 3.74. The van der Waals surface area contributed by atoms with Gasteiger partial charge < -0.3 is 24.9 Å². The lowest BCUT2D eigenvalue weighted by Gasteiger charge is -2.38. The van der Waals surface area contributed by atoms with Crippen LogP contribution in [-0.2, 0) is 16.0 Å². The van der Waals surface area contributed by atoms with Crippen molar-refractivity contribution in [2.24, 2.45) is 11.1 Å². The van der Waals surface area contributed by atoms with E-state index in [1.807, 2.05) is 23.1 Å². The van der Waals surface area contributed by atoms with Crippen LogP contribution in [0, 0.1) is 11.7 Å². The summed E-state index contributed by atoms with van der Waals surface area (Å²) in [4.78, 5) is 29.2. The van der Waals surface area contributed by atoms with Gasteiger partial charge in [0, 0.05) is 51.1 Å². The Hall–Kier alpha value is -3.86. The maximum Gasteiger partial charge on any atom is 0.414 e. The summed E-state index contributed by atoms with van der Waals surface area (Å²) < 4.78 is 25.8. The number of anilines is 2. The van der Waals surface area contributed by atoms with Crippen LogP contribution in [0.2, 0.25) is 0 Å². The van der Waals surface area contributed by atoms with Gasteiger partial charge in [0.1, 0.15) is 17.7 Å². The number of rotatable bonds is 7. The number of carbonyl (C=O) groups excluding carboxylic acids is 2. The number of fused-ring (bicyclic) bond motifs is 1. The van der Waals surface area contributed by atoms with Crippen molar-refractivity contribution in [1.29, 1.82) is 0 Å². The van der Waals surface area contributed by atoms with Crippen LogP contribution in [0.5, 0.6) is 5.75 Å². The molecule has 0 radical (unpaired) electrons. The fourth-order valence-electron chi connectivity index (χ4n) is 5.65. The Labute approximate surface area is 226 Å². The predicted octanol–water partition coefficient (Wildman–Crippen LogP) is 2.86. The summed E-state index contributed by atoms with van der Waals surface area (Å²) in [6.45, 7) is 5.47. The molecule has 2 atom stereocenters. The largest absolute Gasteiger partial charge is 0.497 e. The quantitative estimate of drug-likeness (QED) is 0.412. The van der Waals surface area contributed by atoms with Gasteiger partial charge in [-0.05, 0) is 54.8 Å². The van der Waals surface area contributed by atoms with Gasteiger partial charge >= 0.3 is 6.09 Å². The molecule has 1 aliphatic carbocycles. The number of halogens is 1. The molecule has 2 N–H and O–H groups in total. The molecular formula is C28H34FN5O5. The number of carbonyl (C=O) groups is 2. The molecule has 0 aromatic heterocycles. The monoisotopic (exact) mass is 539 g/mol. The molecule has 1 unspecified atom stereocenters. The highest BCUT2D eigenvalue weighted by Gasteiger charge is 2.33. The van der Waals surface area contributed by atoms with Gasteiger partial charge in [0.2, 0.25) is 5.91 Å². The number of amides is 2. The zero-order valence-electron chi connectivity index (χ0n) is 22.2. The molecule has 2 saturated heterocycles. The first kappa shape index (κ1) is 26.7. The molecule has 2 heterocycles. The van der Waals surface area contributed by atoms with E-state index in [0.29, 0.717) is 30.2 Å². The standard InChI is InChI=1S/C28H34FN5O5/c1-18(35)30-15-23-17-34(28(36)39-23)21-5-8-26(25(29)14-21)33-11-9-32(10-12-33)16-20-4-3-19-13-22(38-2)6-7-24(19)27(20)31-37/h5-8,13-14,20,23,37H,3-4,9-12,15-17H2,1-2H3,(H,30,35)/b31-27+/t20?,23-/m0/s1. The van der Waals surface area contributed by atoms with E-state index in [9.17, 15) is 14.8 Å². The number of oxime groups is 1. The van der Waals surface area contributed by atoms with E-state index in [2.05, 4.69) is 15.4 Å². The lowest BCUT2D eigenvalue weighted by Crippen LogP contribution is -2.49. The first-order valence-electron chi connectivity index (χ1n) is 13.2. The van der Waals surface area contributed by atoms with Crippen LogP contribution in [-0.4, -0.2) is 86.8 Å². The third kappa shape index (κ3) is 5.78. The molecule has 5 rings (SSSR count). The Balaban J connectivity index is 1.17. The van der Waals surface area contributed by atoms with Crippen LogP contribution in [0.25, 0.3) is 0 Å². The predicted molar refractivity (Wildman–Crippen MR) is 144 cm³/mol. The van der Waals surface area contributed by atoms with Crippen molar-refractivity contribution < 1.29 is 28.7 Å². The minimum absolute atomic E-state index is 0.119. The summed E-state index contributed by atoms with van der Waals surface area (Å²) >= 11 is 0. The average Bonchev–Trinajstić information content (AvgIpc) is 3.32. The van der Waals surface area contributed by atoms with Crippen LogP contribution in [0.4, 0.5) is 20.6 Å². The van der Waals surface area contributed by atoms with Crippen molar-refractivity contribution in [2.75, 3.05) is 62.7 Å². The fraction of sp³-hybridized carbons (Fsp3) is 0.464. The van der Waals surface area contributed by atoms with Crippen molar-refractivity contribution in [2.45, 2.75) is 25.9 Å². The number of nitrogens with zero attached hydrogens (tertiary/aromatic N) is 4. The first-order valence-corrected chi connectivity index (χ1v) is 13.2. The highest BCUT2D eigenvalue weighted by molar-refractivity contribution is 6.04. The van der Waals surface area contributed by atoms with Crippen molar-refractivity contribution in [1.82, 2.24) is 10.2 Å². The summed E-state index contributed by atoms with van der Waals surface area (Å²) in [6, 6.07) is 10.7. The van der Waals surface area contributed by atoms with Crippen LogP contribution >= 0.6 is 0 Å². The van der Waals surface area contributed by atoms with E-state index in [1.165, 1.54) is 17.9 Å². The van der Waals surface area contributed by atoms with Gasteiger partial charge in [-0.15, -0.1) is 0 Å². The van der Waals surface area contributed by atoms with Gasteiger partial charge in [0.05, 0.1) is 37.3 Å². The SMILES string of the molecule is COc1ccc2c(c1)CCC(CN1CCN(c3ccc(N4C[C@H](CNC(C)=O)OC4=O)cc3F)CC1)/C2=N\O. The first-order chi connectivity index (χ1) is 18.9. The molecule has 39 heavy (non-hydrogen) atoms. The second-order valence-electron chi connectivity index (χ2n) is 10.2. The molecule has 3 aliphatic rings. The summed E-state index contributed by atoms with van der Waals surface area (Å²) in [7, 11) is 1.64. The second-order valence-corrected chi connectivity index (χ2v) is 10.2. The summed E-state index contributed by atoms with van der Waals surface area (Å²) in [5.74, 6) is 0.320. The molecule has 2 aromatic rings. The lowest BCUT2D eigenvalue weighted by atomic mass is 9.81. The van der Waals surface area contributed by atoms with Crippen molar-refractivity contribution in [3.8, 4) is 5.75 Å². The third-order valence-corrected chi connectivity index (χ3v) is 7.73. The molecule has 2 amide bonds. The van der Waals surface area contributed by atoms with Gasteiger partial charge in [-0.1, -0.05) is 5.16 Å². The minimum Gasteiger partial charge on any atom is -0.497 e. The van der Waals surface area contributed by atoms with E-state index >= 15 is 4.39 Å². The zero-order chi connectivity index (χ0) is 27.5. The van der Waals surface area contributed by atoms with E-state index in [-0.39, 0.29) is 24.9 Å². The molecular weight excluding hydrogens is 505 g/mol. The van der Waals surface area contributed by atoms with Crippen molar-refractivity contribution >= 4 is 29.1 Å². The number of methoxy groups -OCH3 is 1. The third-order valence-electron chi connectivity index (χ3n) is 7.73. The van der Waals surface area contributed by atoms with Crippen molar-refractivity contribution in [3.05, 3.63) is 53.3 Å². The molecule has 10 nitrogen and oxygen atoms in total. The number of hydrogen-bond acceptors (Lipinski definition) is 8. The van der Waals surface area contributed by atoms with Gasteiger partial charge in [-0.3, -0.25) is 14.6 Å². The van der Waals surface area contributed by atoms with Gasteiger partial charge in [-0.25, -0.2) is 9.18 Å². The molecule has 0 saturated carbocycles. The van der Waals surface area contributed by atoms with Crippen LogP contribution in [0.3, 0.4) is 0 Å². The normalized spacial score (nSPS) is 22.5. The maximum atomic E-state index is 15.2. The molecule has 0 spiro atoms. The molecule has 2 fully saturated rings. The number of aryl methyl sites for hydroxylation is 1. The number of piperazine rings is 1. The van der Waals surface area contributed by atoms with E-state index in [0.717, 1.165) is 49.4 Å². The number of ether oxygens (including phenoxy) is 2. The Kier molecular flexibility index (Phi) is 7.87. The molecule has 0 bridgehead atoms. The Bertz CT molecular complexity index is 1260. The van der Waals surface area contributed by atoms with Crippen LogP contribution in [0.1, 0.15) is 24.5 Å².